The fourth-order valence-corrected chi connectivity index (χ4v) is 6.68. The average Bonchev–Trinajstić information content (AvgIpc) is 3.14. The summed E-state index contributed by atoms with van der Waals surface area (Å²) in [5.41, 5.74) is 0. The van der Waals surface area contributed by atoms with Crippen molar-refractivity contribution in [1.82, 2.24) is 5.32 Å². The number of hydrogen-bond donors (Lipinski definition) is 3. The number of ether oxygens (including phenoxy) is 1. The number of allylic oxidation sites excluding steroid dienone is 4. The Labute approximate surface area is 322 Å². The number of esters is 1. The van der Waals surface area contributed by atoms with E-state index in [2.05, 4.69) is 43.5 Å². The Morgan fingerprint density at radius 1 is 0.519 bits per heavy atom. The predicted octanol–water partition coefficient (Wildman–Crippen LogP) is 12.8. The van der Waals surface area contributed by atoms with Crippen LogP contribution < -0.4 is 5.32 Å². The molecule has 2 unspecified atom stereocenters. The van der Waals surface area contributed by atoms with Crippen molar-refractivity contribution in [2.24, 2.45) is 0 Å². The molecule has 0 aromatic carbocycles. The van der Waals surface area contributed by atoms with E-state index >= 15 is 0 Å². The van der Waals surface area contributed by atoms with Crippen LogP contribution in [0.1, 0.15) is 232 Å². The zero-order chi connectivity index (χ0) is 38.0. The lowest BCUT2D eigenvalue weighted by Gasteiger charge is -2.22. The number of carbonyl (C=O) groups excluding carboxylic acids is 2. The van der Waals surface area contributed by atoms with Crippen molar-refractivity contribution in [1.29, 1.82) is 0 Å². The second-order valence-corrected chi connectivity index (χ2v) is 15.4. The molecule has 0 aromatic heterocycles. The third kappa shape index (κ3) is 38.1. The minimum atomic E-state index is -0.679. The van der Waals surface area contributed by atoms with E-state index in [-0.39, 0.29) is 18.5 Å². The number of unbranched alkanes of at least 4 members (excludes halogenated alkanes) is 26. The van der Waals surface area contributed by atoms with E-state index in [0.717, 1.165) is 70.6 Å². The zero-order valence-electron chi connectivity index (χ0n) is 34.5. The SMILES string of the molecule is CCCCC/C=C\CCCCCCCC(=O)OCCCCCCCC/C=C\CCCCCC(=O)NC(CO)C(O)CCCCCCCCCCCC. The van der Waals surface area contributed by atoms with Crippen LogP contribution in [0.2, 0.25) is 0 Å². The minimum Gasteiger partial charge on any atom is -0.466 e. The second kappa shape index (κ2) is 42.1. The lowest BCUT2D eigenvalue weighted by atomic mass is 10.0. The normalized spacial score (nSPS) is 12.9. The monoisotopic (exact) mass is 734 g/mol. The summed E-state index contributed by atoms with van der Waals surface area (Å²) < 4.78 is 5.43. The predicted molar refractivity (Wildman–Crippen MR) is 223 cm³/mol. The van der Waals surface area contributed by atoms with E-state index in [1.165, 1.54) is 128 Å². The fourth-order valence-electron chi connectivity index (χ4n) is 6.68. The molecule has 0 aromatic rings. The minimum absolute atomic E-state index is 0.0237. The summed E-state index contributed by atoms with van der Waals surface area (Å²) in [4.78, 5) is 24.3. The highest BCUT2D eigenvalue weighted by Gasteiger charge is 2.20. The van der Waals surface area contributed by atoms with Crippen molar-refractivity contribution in [3.05, 3.63) is 24.3 Å². The third-order valence-corrected chi connectivity index (χ3v) is 10.2. The molecule has 0 fully saturated rings. The molecule has 0 rings (SSSR count). The Morgan fingerprint density at radius 2 is 0.904 bits per heavy atom. The first-order chi connectivity index (χ1) is 25.5. The van der Waals surface area contributed by atoms with E-state index in [9.17, 15) is 19.8 Å². The van der Waals surface area contributed by atoms with Crippen LogP contribution in [0.5, 0.6) is 0 Å². The quantitative estimate of drug-likeness (QED) is 0.0330. The van der Waals surface area contributed by atoms with Gasteiger partial charge in [-0.3, -0.25) is 9.59 Å². The second-order valence-electron chi connectivity index (χ2n) is 15.4. The number of nitrogens with one attached hydrogen (secondary N) is 1. The van der Waals surface area contributed by atoms with Crippen molar-refractivity contribution in [3.8, 4) is 0 Å². The number of aliphatic hydroxyl groups excluding tert-OH is 2. The molecule has 1 amide bonds. The van der Waals surface area contributed by atoms with Crippen LogP contribution in [-0.2, 0) is 14.3 Å². The van der Waals surface area contributed by atoms with Crippen LogP contribution in [0.15, 0.2) is 24.3 Å². The highest BCUT2D eigenvalue weighted by molar-refractivity contribution is 5.76. The van der Waals surface area contributed by atoms with E-state index in [1.54, 1.807) is 0 Å². The van der Waals surface area contributed by atoms with E-state index in [1.807, 2.05) is 0 Å². The molecular formula is C46H87NO5. The molecule has 2 atom stereocenters. The van der Waals surface area contributed by atoms with Crippen LogP contribution in [0, 0.1) is 0 Å². The van der Waals surface area contributed by atoms with Gasteiger partial charge in [-0.1, -0.05) is 167 Å². The molecule has 3 N–H and O–H groups in total. The third-order valence-electron chi connectivity index (χ3n) is 10.2. The van der Waals surface area contributed by atoms with E-state index in [4.69, 9.17) is 4.74 Å². The summed E-state index contributed by atoms with van der Waals surface area (Å²) in [5, 5.41) is 23.0. The topological polar surface area (TPSA) is 95.9 Å². The van der Waals surface area contributed by atoms with Crippen LogP contribution in [0.4, 0.5) is 0 Å². The van der Waals surface area contributed by atoms with Gasteiger partial charge in [0.15, 0.2) is 0 Å². The van der Waals surface area contributed by atoms with E-state index in [0.29, 0.717) is 25.9 Å². The van der Waals surface area contributed by atoms with Gasteiger partial charge in [0.1, 0.15) is 0 Å². The van der Waals surface area contributed by atoms with Crippen molar-refractivity contribution in [2.75, 3.05) is 13.2 Å². The number of hydrogen-bond acceptors (Lipinski definition) is 5. The van der Waals surface area contributed by atoms with Crippen LogP contribution in [0.25, 0.3) is 0 Å². The smallest absolute Gasteiger partial charge is 0.305 e. The van der Waals surface area contributed by atoms with E-state index < -0.39 is 12.1 Å². The van der Waals surface area contributed by atoms with Crippen LogP contribution in [0.3, 0.4) is 0 Å². The zero-order valence-corrected chi connectivity index (χ0v) is 34.5. The van der Waals surface area contributed by atoms with Crippen molar-refractivity contribution in [2.45, 2.75) is 244 Å². The lowest BCUT2D eigenvalue weighted by molar-refractivity contribution is -0.143. The Bertz CT molecular complexity index is 813. The van der Waals surface area contributed by atoms with Crippen molar-refractivity contribution >= 4 is 11.9 Å². The lowest BCUT2D eigenvalue weighted by Crippen LogP contribution is -2.45. The summed E-state index contributed by atoms with van der Waals surface area (Å²) in [6.07, 6.45) is 47.0. The summed E-state index contributed by atoms with van der Waals surface area (Å²) in [5.74, 6) is -0.0920. The molecule has 0 saturated heterocycles. The largest absolute Gasteiger partial charge is 0.466 e. The number of amides is 1. The first-order valence-corrected chi connectivity index (χ1v) is 22.6. The maximum Gasteiger partial charge on any atom is 0.305 e. The molecular weight excluding hydrogens is 647 g/mol. The molecule has 0 spiro atoms. The fraction of sp³-hybridized carbons (Fsp3) is 0.870. The van der Waals surface area contributed by atoms with Gasteiger partial charge in [-0.2, -0.15) is 0 Å². The highest BCUT2D eigenvalue weighted by atomic mass is 16.5. The van der Waals surface area contributed by atoms with Gasteiger partial charge in [-0.25, -0.2) is 0 Å². The first kappa shape index (κ1) is 50.3. The average molecular weight is 734 g/mol. The van der Waals surface area contributed by atoms with Crippen LogP contribution in [-0.4, -0.2) is 47.4 Å². The number of rotatable bonds is 41. The molecule has 0 aliphatic carbocycles. The molecule has 6 nitrogen and oxygen atoms in total. The van der Waals surface area contributed by atoms with Gasteiger partial charge < -0.3 is 20.3 Å². The molecule has 306 valence electrons. The Hall–Kier alpha value is -1.66. The Balaban J connectivity index is 3.51. The van der Waals surface area contributed by atoms with Gasteiger partial charge in [0.25, 0.3) is 0 Å². The molecule has 52 heavy (non-hydrogen) atoms. The van der Waals surface area contributed by atoms with Gasteiger partial charge in [0.2, 0.25) is 5.91 Å². The summed E-state index contributed by atoms with van der Waals surface area (Å²) in [7, 11) is 0. The molecule has 0 aliphatic rings. The highest BCUT2D eigenvalue weighted by Crippen LogP contribution is 2.14. The van der Waals surface area contributed by atoms with Crippen LogP contribution >= 0.6 is 0 Å². The van der Waals surface area contributed by atoms with Crippen molar-refractivity contribution < 1.29 is 24.5 Å². The van der Waals surface area contributed by atoms with Crippen molar-refractivity contribution in [3.63, 3.8) is 0 Å². The van der Waals surface area contributed by atoms with Gasteiger partial charge in [-0.15, -0.1) is 0 Å². The molecule has 0 radical (unpaired) electrons. The molecule has 0 bridgehead atoms. The first-order valence-electron chi connectivity index (χ1n) is 22.6. The maximum absolute atomic E-state index is 12.4. The number of carbonyl (C=O) groups is 2. The summed E-state index contributed by atoms with van der Waals surface area (Å²) in [6.45, 7) is 4.85. The number of aliphatic hydroxyl groups is 2. The molecule has 0 aliphatic heterocycles. The van der Waals surface area contributed by atoms with Gasteiger partial charge in [-0.05, 0) is 77.0 Å². The Kier molecular flexibility index (Phi) is 40.7. The molecule has 0 heterocycles. The summed E-state index contributed by atoms with van der Waals surface area (Å²) in [6, 6.07) is -0.559. The molecule has 6 heteroatoms. The van der Waals surface area contributed by atoms with Gasteiger partial charge >= 0.3 is 5.97 Å². The van der Waals surface area contributed by atoms with Gasteiger partial charge in [0.05, 0.1) is 25.4 Å². The summed E-state index contributed by atoms with van der Waals surface area (Å²) >= 11 is 0. The maximum atomic E-state index is 12.4. The molecule has 0 saturated carbocycles. The Morgan fingerprint density at radius 3 is 1.42 bits per heavy atom. The standard InChI is InChI=1S/C46H87NO5/c1-3-5-7-9-11-13-15-20-24-28-32-36-40-46(51)52-41-37-33-29-25-21-18-16-17-19-23-27-31-35-39-45(50)47-43(42-48)44(49)38-34-30-26-22-14-12-10-8-6-4-2/h11,13,17,19,43-44,48-49H,3-10,12,14-16,18,20-42H2,1-2H3,(H,47,50)/b13-11-,19-17-. The van der Waals surface area contributed by atoms with Gasteiger partial charge in [0, 0.05) is 12.8 Å².